The molecule has 0 atom stereocenters. The monoisotopic (exact) mass is 292 g/mol. The molecule has 1 aromatic rings. The highest BCUT2D eigenvalue weighted by atomic mass is 16.5. The average Bonchev–Trinajstić information content (AvgIpc) is 2.45. The number of aryl methyl sites for hydroxylation is 1. The highest BCUT2D eigenvalue weighted by Gasteiger charge is 2.36. The van der Waals surface area contributed by atoms with E-state index in [1.54, 1.807) is 7.11 Å². The van der Waals surface area contributed by atoms with Crippen LogP contribution in [0.4, 0.5) is 11.6 Å². The summed E-state index contributed by atoms with van der Waals surface area (Å²) in [6.07, 6.45) is 6.56. The number of nitrogens with one attached hydrogen (secondary N) is 2. The molecular weight excluding hydrogens is 264 g/mol. The van der Waals surface area contributed by atoms with E-state index in [1.165, 1.54) is 6.42 Å². The van der Waals surface area contributed by atoms with E-state index in [4.69, 9.17) is 4.74 Å². The van der Waals surface area contributed by atoms with Crippen LogP contribution < -0.4 is 10.6 Å². The predicted molar refractivity (Wildman–Crippen MR) is 86.9 cm³/mol. The average molecular weight is 292 g/mol. The highest BCUT2D eigenvalue weighted by Crippen LogP contribution is 2.35. The number of hydrogen-bond donors (Lipinski definition) is 2. The molecule has 21 heavy (non-hydrogen) atoms. The molecule has 1 heterocycles. The second kappa shape index (κ2) is 7.59. The summed E-state index contributed by atoms with van der Waals surface area (Å²) in [7, 11) is 1.80. The molecule has 5 heteroatoms. The van der Waals surface area contributed by atoms with Gasteiger partial charge in [-0.2, -0.15) is 0 Å². The molecule has 118 valence electrons. The smallest absolute Gasteiger partial charge is 0.133 e. The quantitative estimate of drug-likeness (QED) is 0.732. The summed E-state index contributed by atoms with van der Waals surface area (Å²) in [5.41, 5.74) is 0.00683. The van der Waals surface area contributed by atoms with Gasteiger partial charge in [0.15, 0.2) is 0 Å². The van der Waals surface area contributed by atoms with Crippen molar-refractivity contribution in [1.29, 1.82) is 0 Å². The maximum atomic E-state index is 5.65. The van der Waals surface area contributed by atoms with Gasteiger partial charge < -0.3 is 15.4 Å². The maximum Gasteiger partial charge on any atom is 0.133 e. The molecule has 0 aliphatic heterocycles. The topological polar surface area (TPSA) is 59.1 Å². The van der Waals surface area contributed by atoms with Crippen LogP contribution in [0.1, 0.15) is 51.8 Å². The third-order valence-electron chi connectivity index (χ3n) is 4.09. The Hall–Kier alpha value is -1.36. The van der Waals surface area contributed by atoms with Crippen molar-refractivity contribution in [2.24, 2.45) is 0 Å². The van der Waals surface area contributed by atoms with Gasteiger partial charge in [-0.1, -0.05) is 13.8 Å². The number of rotatable bonds is 9. The lowest BCUT2D eigenvalue weighted by molar-refractivity contribution is -0.0601. The molecule has 0 bridgehead atoms. The molecule has 0 saturated heterocycles. The highest BCUT2D eigenvalue weighted by molar-refractivity contribution is 5.47. The van der Waals surface area contributed by atoms with Crippen molar-refractivity contribution in [2.75, 3.05) is 30.8 Å². The second-order valence-corrected chi connectivity index (χ2v) is 5.83. The largest absolute Gasteiger partial charge is 0.376 e. The number of ether oxygens (including phenoxy) is 1. The van der Waals surface area contributed by atoms with Crippen molar-refractivity contribution in [3.05, 3.63) is 11.9 Å². The zero-order valence-corrected chi connectivity index (χ0v) is 13.5. The van der Waals surface area contributed by atoms with Gasteiger partial charge in [0.25, 0.3) is 0 Å². The molecule has 0 spiro atoms. The molecule has 0 radical (unpaired) electrons. The Bertz CT molecular complexity index is 440. The molecule has 1 fully saturated rings. The van der Waals surface area contributed by atoms with Gasteiger partial charge in [0.2, 0.25) is 0 Å². The Balaban J connectivity index is 2.03. The number of aromatic nitrogens is 2. The lowest BCUT2D eigenvalue weighted by atomic mass is 9.80. The Kier molecular flexibility index (Phi) is 5.79. The minimum Gasteiger partial charge on any atom is -0.376 e. The van der Waals surface area contributed by atoms with E-state index in [2.05, 4.69) is 34.4 Å². The molecular formula is C16H28N4O. The van der Waals surface area contributed by atoms with Gasteiger partial charge in [0, 0.05) is 32.7 Å². The summed E-state index contributed by atoms with van der Waals surface area (Å²) in [6.45, 7) is 6.06. The van der Waals surface area contributed by atoms with Gasteiger partial charge >= 0.3 is 0 Å². The third kappa shape index (κ3) is 4.30. The van der Waals surface area contributed by atoms with E-state index < -0.39 is 0 Å². The van der Waals surface area contributed by atoms with Crippen molar-refractivity contribution >= 4 is 11.6 Å². The van der Waals surface area contributed by atoms with Crippen molar-refractivity contribution in [2.45, 2.75) is 58.0 Å². The summed E-state index contributed by atoms with van der Waals surface area (Å²) in [5, 5.41) is 6.79. The van der Waals surface area contributed by atoms with E-state index >= 15 is 0 Å². The molecule has 0 amide bonds. The first kappa shape index (κ1) is 16.0. The molecule has 1 aromatic heterocycles. The van der Waals surface area contributed by atoms with Gasteiger partial charge in [0.05, 0.1) is 5.60 Å². The first-order valence-corrected chi connectivity index (χ1v) is 8.12. The number of nitrogens with zero attached hydrogens (tertiary/aromatic N) is 2. The minimum atomic E-state index is 0.00683. The summed E-state index contributed by atoms with van der Waals surface area (Å²) in [4.78, 5) is 9.18. The minimum absolute atomic E-state index is 0.00683. The van der Waals surface area contributed by atoms with E-state index in [-0.39, 0.29) is 5.60 Å². The standard InChI is InChI=1S/C16H28N4O/c1-4-7-13-19-14(17-10-5-2)11-15(20-13)18-12-16(21-3)8-6-9-16/h11H,4-10,12H2,1-3H3,(H2,17,18,19,20). The SMILES string of the molecule is CCCNc1cc(NCC2(OC)CCC2)nc(CCC)n1. The fraction of sp³-hybridized carbons (Fsp3) is 0.750. The third-order valence-corrected chi connectivity index (χ3v) is 4.09. The molecule has 5 nitrogen and oxygen atoms in total. The Labute approximate surface area is 127 Å². The first-order valence-electron chi connectivity index (χ1n) is 8.12. The van der Waals surface area contributed by atoms with Crippen molar-refractivity contribution < 1.29 is 4.74 Å². The van der Waals surface area contributed by atoms with Gasteiger partial charge in [0.1, 0.15) is 17.5 Å². The van der Waals surface area contributed by atoms with Crippen LogP contribution in [0.2, 0.25) is 0 Å². The van der Waals surface area contributed by atoms with E-state index in [1.807, 2.05) is 6.07 Å². The first-order chi connectivity index (χ1) is 10.2. The predicted octanol–water partition coefficient (Wildman–Crippen LogP) is 3.23. The zero-order valence-electron chi connectivity index (χ0n) is 13.5. The summed E-state index contributed by atoms with van der Waals surface area (Å²) in [5.74, 6) is 2.72. The van der Waals surface area contributed by atoms with Crippen LogP contribution in [-0.4, -0.2) is 35.8 Å². The molecule has 1 aliphatic carbocycles. The fourth-order valence-corrected chi connectivity index (χ4v) is 2.54. The van der Waals surface area contributed by atoms with Gasteiger partial charge in [-0.25, -0.2) is 9.97 Å². The van der Waals surface area contributed by atoms with Crippen LogP contribution in [-0.2, 0) is 11.2 Å². The summed E-state index contributed by atoms with van der Waals surface area (Å²) >= 11 is 0. The van der Waals surface area contributed by atoms with Crippen molar-refractivity contribution in [3.8, 4) is 0 Å². The number of methoxy groups -OCH3 is 1. The van der Waals surface area contributed by atoms with Crippen LogP contribution in [0, 0.1) is 0 Å². The van der Waals surface area contributed by atoms with Crippen LogP contribution in [0.15, 0.2) is 6.07 Å². The molecule has 2 rings (SSSR count). The van der Waals surface area contributed by atoms with E-state index in [9.17, 15) is 0 Å². The lowest BCUT2D eigenvalue weighted by Gasteiger charge is -2.40. The summed E-state index contributed by atoms with van der Waals surface area (Å²) in [6, 6.07) is 2.00. The van der Waals surface area contributed by atoms with Crippen LogP contribution >= 0.6 is 0 Å². The Morgan fingerprint density at radius 1 is 1.14 bits per heavy atom. The van der Waals surface area contributed by atoms with E-state index in [0.29, 0.717) is 0 Å². The van der Waals surface area contributed by atoms with Crippen LogP contribution in [0.3, 0.4) is 0 Å². The normalized spacial score (nSPS) is 16.3. The van der Waals surface area contributed by atoms with Gasteiger partial charge in [-0.05, 0) is 32.1 Å². The number of hydrogen-bond acceptors (Lipinski definition) is 5. The Morgan fingerprint density at radius 2 is 1.86 bits per heavy atom. The summed E-state index contributed by atoms with van der Waals surface area (Å²) < 4.78 is 5.65. The molecule has 1 aliphatic rings. The molecule has 0 unspecified atom stereocenters. The van der Waals surface area contributed by atoms with Crippen LogP contribution in [0.25, 0.3) is 0 Å². The second-order valence-electron chi connectivity index (χ2n) is 5.83. The van der Waals surface area contributed by atoms with Crippen molar-refractivity contribution in [1.82, 2.24) is 9.97 Å². The molecule has 2 N–H and O–H groups in total. The molecule has 0 aromatic carbocycles. The zero-order chi connectivity index (χ0) is 15.1. The van der Waals surface area contributed by atoms with E-state index in [0.717, 1.165) is 62.7 Å². The fourth-order valence-electron chi connectivity index (χ4n) is 2.54. The van der Waals surface area contributed by atoms with Gasteiger partial charge in [-0.3, -0.25) is 0 Å². The number of anilines is 2. The molecule has 1 saturated carbocycles. The lowest BCUT2D eigenvalue weighted by Crippen LogP contribution is -2.45. The Morgan fingerprint density at radius 3 is 2.38 bits per heavy atom. The van der Waals surface area contributed by atoms with Crippen LogP contribution in [0.5, 0.6) is 0 Å². The van der Waals surface area contributed by atoms with Gasteiger partial charge in [-0.15, -0.1) is 0 Å². The van der Waals surface area contributed by atoms with Crippen molar-refractivity contribution in [3.63, 3.8) is 0 Å². The maximum absolute atomic E-state index is 5.65.